The van der Waals surface area contributed by atoms with Gasteiger partial charge in [-0.2, -0.15) is 4.31 Å². The third-order valence-electron chi connectivity index (χ3n) is 4.05. The summed E-state index contributed by atoms with van der Waals surface area (Å²) < 4.78 is 26.0. The van der Waals surface area contributed by atoms with E-state index in [1.54, 1.807) is 28.2 Å². The maximum absolute atomic E-state index is 12.5. The number of piperidine rings is 1. The summed E-state index contributed by atoms with van der Waals surface area (Å²) in [5.74, 6) is 1.09. The fourth-order valence-electron chi connectivity index (χ4n) is 2.50. The maximum Gasteiger partial charge on any atom is 0.244 e. The maximum atomic E-state index is 12.5. The molecule has 4 nitrogen and oxygen atoms in total. The molecule has 1 aliphatic heterocycles. The highest BCUT2D eigenvalue weighted by Gasteiger charge is 2.51. The van der Waals surface area contributed by atoms with Crippen LogP contribution in [0.4, 0.5) is 0 Å². The van der Waals surface area contributed by atoms with Gasteiger partial charge in [0.1, 0.15) is 9.23 Å². The summed E-state index contributed by atoms with van der Waals surface area (Å²) in [6.45, 7) is 1.21. The molecule has 1 atom stereocenters. The van der Waals surface area contributed by atoms with Crippen LogP contribution >= 0.6 is 35.0 Å². The Morgan fingerprint density at radius 1 is 1.27 bits per heavy atom. The highest BCUT2D eigenvalue weighted by Crippen LogP contribution is 2.54. The van der Waals surface area contributed by atoms with Crippen molar-refractivity contribution in [3.63, 3.8) is 0 Å². The Balaban J connectivity index is 1.63. The summed E-state index contributed by atoms with van der Waals surface area (Å²) in [5, 5.41) is 0.800. The van der Waals surface area contributed by atoms with Gasteiger partial charge in [0.15, 0.2) is 0 Å². The van der Waals surface area contributed by atoms with E-state index in [0.717, 1.165) is 36.5 Å². The molecule has 1 saturated heterocycles. The first kappa shape index (κ1) is 16.8. The number of nitrogens with zero attached hydrogens (tertiary/aromatic N) is 2. The van der Waals surface area contributed by atoms with Gasteiger partial charge in [-0.15, -0.1) is 35.0 Å². The van der Waals surface area contributed by atoms with E-state index >= 15 is 0 Å². The number of thioether (sulfide) groups is 1. The van der Waals surface area contributed by atoms with Crippen molar-refractivity contribution < 1.29 is 8.42 Å². The molecule has 1 saturated carbocycles. The monoisotopic (exact) mass is 380 g/mol. The fraction of sp³-hybridized carbons (Fsp3) is 0.643. The molecule has 0 radical (unpaired) electrons. The fourth-order valence-corrected chi connectivity index (χ4v) is 5.73. The quantitative estimate of drug-likeness (QED) is 0.578. The molecule has 8 heteroatoms. The molecular weight excluding hydrogens is 363 g/mol. The minimum absolute atomic E-state index is 0.272. The minimum Gasteiger partial charge on any atom is -0.249 e. The topological polar surface area (TPSA) is 50.3 Å². The summed E-state index contributed by atoms with van der Waals surface area (Å²) in [7, 11) is -3.40. The van der Waals surface area contributed by atoms with E-state index in [2.05, 4.69) is 4.98 Å². The summed E-state index contributed by atoms with van der Waals surface area (Å²) in [6, 6.07) is 3.40. The highest BCUT2D eigenvalue weighted by atomic mass is 35.5. The molecule has 0 N–H and O–H groups in total. The minimum atomic E-state index is -3.40. The molecule has 1 unspecified atom stereocenters. The molecule has 2 aliphatic rings. The van der Waals surface area contributed by atoms with Gasteiger partial charge in [0, 0.05) is 31.0 Å². The van der Waals surface area contributed by atoms with Gasteiger partial charge in [-0.05, 0) is 31.4 Å². The summed E-state index contributed by atoms with van der Waals surface area (Å²) in [5.41, 5.74) is 0. The second-order valence-electron chi connectivity index (χ2n) is 5.77. The zero-order chi connectivity index (χ0) is 15.8. The van der Waals surface area contributed by atoms with Crippen LogP contribution in [0.25, 0.3) is 0 Å². The number of sulfonamides is 1. The van der Waals surface area contributed by atoms with Crippen LogP contribution in [0.3, 0.4) is 0 Å². The number of alkyl halides is 2. The van der Waals surface area contributed by atoms with Gasteiger partial charge in [-0.1, -0.05) is 6.42 Å². The Kier molecular flexibility index (Phi) is 4.95. The Morgan fingerprint density at radius 2 is 1.95 bits per heavy atom. The van der Waals surface area contributed by atoms with Crippen molar-refractivity contribution in [2.24, 2.45) is 5.92 Å². The van der Waals surface area contributed by atoms with E-state index in [1.807, 2.05) is 0 Å². The van der Waals surface area contributed by atoms with E-state index in [9.17, 15) is 8.42 Å². The van der Waals surface area contributed by atoms with Crippen LogP contribution in [0.1, 0.15) is 25.7 Å². The predicted molar refractivity (Wildman–Crippen MR) is 90.1 cm³/mol. The molecule has 2 fully saturated rings. The molecule has 122 valence electrons. The van der Waals surface area contributed by atoms with Crippen molar-refractivity contribution in [2.45, 2.75) is 39.9 Å². The molecule has 1 aromatic rings. The third kappa shape index (κ3) is 3.73. The molecule has 2 heterocycles. The van der Waals surface area contributed by atoms with Gasteiger partial charge in [-0.3, -0.25) is 0 Å². The number of hydrogen-bond donors (Lipinski definition) is 0. The van der Waals surface area contributed by atoms with Crippen LogP contribution in [0.5, 0.6) is 0 Å². The Labute approximate surface area is 145 Å². The Bertz CT molecular complexity index is 629. The lowest BCUT2D eigenvalue weighted by molar-refractivity contribution is 0.346. The van der Waals surface area contributed by atoms with Crippen molar-refractivity contribution in [3.8, 4) is 0 Å². The van der Waals surface area contributed by atoms with E-state index in [0.29, 0.717) is 19.0 Å². The van der Waals surface area contributed by atoms with Gasteiger partial charge in [-0.25, -0.2) is 13.4 Å². The van der Waals surface area contributed by atoms with Crippen LogP contribution in [0, 0.1) is 5.92 Å². The van der Waals surface area contributed by atoms with Crippen LogP contribution < -0.4 is 0 Å². The average Bonchev–Trinajstić information content (AvgIpc) is 3.14. The molecule has 1 aromatic heterocycles. The molecule has 0 spiro atoms. The number of halogens is 2. The van der Waals surface area contributed by atoms with Crippen molar-refractivity contribution >= 4 is 45.0 Å². The van der Waals surface area contributed by atoms with Crippen LogP contribution in [0.15, 0.2) is 28.3 Å². The number of hydrogen-bond acceptors (Lipinski definition) is 4. The zero-order valence-electron chi connectivity index (χ0n) is 12.0. The second-order valence-corrected chi connectivity index (χ2v) is 10.3. The first-order chi connectivity index (χ1) is 10.4. The highest BCUT2D eigenvalue weighted by molar-refractivity contribution is 7.99. The van der Waals surface area contributed by atoms with E-state index in [1.165, 1.54) is 6.20 Å². The summed E-state index contributed by atoms with van der Waals surface area (Å²) in [4.78, 5) is 4.53. The third-order valence-corrected chi connectivity index (χ3v) is 7.96. The molecule has 1 aliphatic carbocycles. The SMILES string of the molecule is O=S(=O)(c1ccc(SCC2CC2(Cl)Cl)nc1)N1CCCCC1. The molecule has 0 bridgehead atoms. The lowest BCUT2D eigenvalue weighted by Crippen LogP contribution is -2.35. The van der Waals surface area contributed by atoms with E-state index < -0.39 is 14.4 Å². The van der Waals surface area contributed by atoms with E-state index in [-0.39, 0.29) is 4.90 Å². The Morgan fingerprint density at radius 3 is 2.50 bits per heavy atom. The standard InChI is InChI=1S/C14H18Cl2N2O2S2/c15-14(16)8-11(14)10-21-13-5-4-12(9-17-13)22(19,20)18-6-2-1-3-7-18/h4-5,9,11H,1-3,6-8,10H2. The molecule has 22 heavy (non-hydrogen) atoms. The van der Waals surface area contributed by atoms with Crippen molar-refractivity contribution in [1.29, 1.82) is 0 Å². The Hall–Kier alpha value is -0.0100. The molecule has 0 aromatic carbocycles. The summed E-state index contributed by atoms with van der Waals surface area (Å²) in [6.07, 6.45) is 5.23. The van der Waals surface area contributed by atoms with Crippen molar-refractivity contribution in [3.05, 3.63) is 18.3 Å². The molecular formula is C14H18Cl2N2O2S2. The molecule has 3 rings (SSSR count). The van der Waals surface area contributed by atoms with Crippen LogP contribution in [-0.2, 0) is 10.0 Å². The number of pyridine rings is 1. The second kappa shape index (κ2) is 6.48. The van der Waals surface area contributed by atoms with Crippen molar-refractivity contribution in [2.75, 3.05) is 18.8 Å². The van der Waals surface area contributed by atoms with Gasteiger partial charge in [0.05, 0.1) is 5.03 Å². The van der Waals surface area contributed by atoms with Crippen molar-refractivity contribution in [1.82, 2.24) is 9.29 Å². The smallest absolute Gasteiger partial charge is 0.244 e. The lowest BCUT2D eigenvalue weighted by Gasteiger charge is -2.25. The largest absolute Gasteiger partial charge is 0.249 e. The predicted octanol–water partition coefficient (Wildman–Crippen LogP) is 3.54. The van der Waals surface area contributed by atoms with Crippen LogP contribution in [-0.4, -0.2) is 40.9 Å². The van der Waals surface area contributed by atoms with Gasteiger partial charge < -0.3 is 0 Å². The van der Waals surface area contributed by atoms with Gasteiger partial charge in [0.2, 0.25) is 10.0 Å². The first-order valence-corrected chi connectivity index (χ1v) is 10.5. The zero-order valence-corrected chi connectivity index (χ0v) is 15.2. The summed E-state index contributed by atoms with van der Waals surface area (Å²) >= 11 is 13.5. The molecule has 0 amide bonds. The normalized spacial score (nSPS) is 25.1. The van der Waals surface area contributed by atoms with Gasteiger partial charge in [0.25, 0.3) is 0 Å². The lowest BCUT2D eigenvalue weighted by atomic mass is 10.2. The number of aromatic nitrogens is 1. The van der Waals surface area contributed by atoms with E-state index in [4.69, 9.17) is 23.2 Å². The van der Waals surface area contributed by atoms with Crippen LogP contribution in [0.2, 0.25) is 0 Å². The number of rotatable bonds is 5. The van der Waals surface area contributed by atoms with Gasteiger partial charge >= 0.3 is 0 Å². The average molecular weight is 381 g/mol. The first-order valence-electron chi connectivity index (χ1n) is 7.36.